The molecule has 102 valence electrons. The first-order chi connectivity index (χ1) is 9.78. The van der Waals surface area contributed by atoms with E-state index in [1.54, 1.807) is 17.0 Å². The Kier molecular flexibility index (Phi) is 3.35. The van der Waals surface area contributed by atoms with Gasteiger partial charge in [-0.15, -0.1) is 0 Å². The molecule has 0 unspecified atom stereocenters. The lowest BCUT2D eigenvalue weighted by atomic mass is 10.1. The second kappa shape index (κ2) is 5.30. The number of nitrogens with one attached hydrogen (secondary N) is 1. The van der Waals surface area contributed by atoms with Crippen molar-refractivity contribution in [3.63, 3.8) is 0 Å². The molecule has 5 heteroatoms. The lowest BCUT2D eigenvalue weighted by Crippen LogP contribution is -2.48. The topological polar surface area (TPSA) is 62.6 Å². The number of carbonyl (C=O) groups excluding carboxylic acids is 2. The Labute approximate surface area is 116 Å². The molecule has 1 N–H and O–H groups in total. The van der Waals surface area contributed by atoms with Crippen LogP contribution in [0.25, 0.3) is 11.3 Å². The van der Waals surface area contributed by atoms with Crippen LogP contribution in [0.15, 0.2) is 40.8 Å². The average Bonchev–Trinajstić information content (AvgIpc) is 2.97. The van der Waals surface area contributed by atoms with Gasteiger partial charge in [-0.25, -0.2) is 0 Å². The first-order valence-electron chi connectivity index (χ1n) is 6.44. The van der Waals surface area contributed by atoms with E-state index in [9.17, 15) is 9.59 Å². The highest BCUT2D eigenvalue weighted by Crippen LogP contribution is 2.26. The van der Waals surface area contributed by atoms with Crippen molar-refractivity contribution >= 4 is 17.9 Å². The fourth-order valence-corrected chi connectivity index (χ4v) is 2.28. The molecule has 2 heterocycles. The fraction of sp³-hybridized carbons (Fsp3) is 0.200. The van der Waals surface area contributed by atoms with Crippen molar-refractivity contribution in [1.29, 1.82) is 0 Å². The van der Waals surface area contributed by atoms with Gasteiger partial charge in [0.2, 0.25) is 5.91 Å². The predicted molar refractivity (Wildman–Crippen MR) is 74.8 cm³/mol. The Morgan fingerprint density at radius 3 is 2.90 bits per heavy atom. The third-order valence-electron chi connectivity index (χ3n) is 3.27. The van der Waals surface area contributed by atoms with Crippen molar-refractivity contribution < 1.29 is 14.0 Å². The van der Waals surface area contributed by atoms with Crippen molar-refractivity contribution in [2.75, 3.05) is 24.5 Å². The lowest BCUT2D eigenvalue weighted by molar-refractivity contribution is -0.118. The summed E-state index contributed by atoms with van der Waals surface area (Å²) in [6.45, 7) is 1.80. The largest absolute Gasteiger partial charge is 0.453 e. The summed E-state index contributed by atoms with van der Waals surface area (Å²) in [4.78, 5) is 24.3. The van der Waals surface area contributed by atoms with Crippen molar-refractivity contribution in [3.8, 4) is 11.3 Å². The lowest BCUT2D eigenvalue weighted by Gasteiger charge is -2.27. The molecule has 0 aliphatic carbocycles. The van der Waals surface area contributed by atoms with Crippen LogP contribution >= 0.6 is 0 Å². The van der Waals surface area contributed by atoms with Gasteiger partial charge in [0.1, 0.15) is 5.76 Å². The standard InChI is InChI=1S/C15H14N2O3/c18-10-13-4-5-14(20-13)11-2-1-3-12(8-11)17-7-6-16-9-15(17)19/h1-5,8,10,16H,6-7,9H2. The van der Waals surface area contributed by atoms with Gasteiger partial charge in [0.05, 0.1) is 6.54 Å². The molecule has 1 aliphatic heterocycles. The van der Waals surface area contributed by atoms with Crippen LogP contribution in [0.1, 0.15) is 10.6 Å². The average molecular weight is 270 g/mol. The maximum Gasteiger partial charge on any atom is 0.240 e. The summed E-state index contributed by atoms with van der Waals surface area (Å²) in [6.07, 6.45) is 0.674. The molecule has 1 saturated heterocycles. The molecular formula is C15H14N2O3. The van der Waals surface area contributed by atoms with Gasteiger partial charge >= 0.3 is 0 Å². The number of benzene rings is 1. The third kappa shape index (κ3) is 2.35. The van der Waals surface area contributed by atoms with Crippen molar-refractivity contribution in [3.05, 3.63) is 42.2 Å². The number of nitrogens with zero attached hydrogens (tertiary/aromatic N) is 1. The number of amides is 1. The van der Waals surface area contributed by atoms with Gasteiger partial charge in [-0.1, -0.05) is 12.1 Å². The van der Waals surface area contributed by atoms with Crippen LogP contribution in [-0.2, 0) is 4.79 Å². The Balaban J connectivity index is 1.92. The van der Waals surface area contributed by atoms with E-state index in [2.05, 4.69) is 5.32 Å². The molecule has 0 bridgehead atoms. The van der Waals surface area contributed by atoms with Gasteiger partial charge in [-0.3, -0.25) is 9.59 Å². The number of piperazine rings is 1. The zero-order valence-electron chi connectivity index (χ0n) is 10.8. The molecule has 1 aliphatic rings. The Hall–Kier alpha value is -2.40. The molecular weight excluding hydrogens is 256 g/mol. The molecule has 0 radical (unpaired) electrons. The zero-order valence-corrected chi connectivity index (χ0v) is 10.8. The van der Waals surface area contributed by atoms with Crippen LogP contribution in [0.4, 0.5) is 5.69 Å². The van der Waals surface area contributed by atoms with E-state index in [1.165, 1.54) is 0 Å². The second-order valence-electron chi connectivity index (χ2n) is 4.59. The molecule has 2 aromatic rings. The molecule has 1 fully saturated rings. The molecule has 1 aromatic carbocycles. The highest BCUT2D eigenvalue weighted by molar-refractivity contribution is 5.96. The Morgan fingerprint density at radius 1 is 1.25 bits per heavy atom. The van der Waals surface area contributed by atoms with Gasteiger partial charge < -0.3 is 14.6 Å². The van der Waals surface area contributed by atoms with Gasteiger partial charge in [0.15, 0.2) is 12.0 Å². The SMILES string of the molecule is O=Cc1ccc(-c2cccc(N3CCNCC3=O)c2)o1. The van der Waals surface area contributed by atoms with Gasteiger partial charge in [-0.05, 0) is 24.3 Å². The Morgan fingerprint density at radius 2 is 2.15 bits per heavy atom. The quantitative estimate of drug-likeness (QED) is 0.862. The number of carbonyl (C=O) groups is 2. The predicted octanol–water partition coefficient (Wildman–Crippen LogP) is 1.70. The van der Waals surface area contributed by atoms with Crippen molar-refractivity contribution in [2.45, 2.75) is 0 Å². The molecule has 5 nitrogen and oxygen atoms in total. The number of anilines is 1. The van der Waals surface area contributed by atoms with Crippen LogP contribution in [0.2, 0.25) is 0 Å². The molecule has 0 atom stereocenters. The summed E-state index contributed by atoms with van der Waals surface area (Å²) in [5.74, 6) is 0.974. The zero-order chi connectivity index (χ0) is 13.9. The summed E-state index contributed by atoms with van der Waals surface area (Å²) in [5, 5.41) is 3.04. The summed E-state index contributed by atoms with van der Waals surface area (Å²) in [5.41, 5.74) is 1.69. The Bertz CT molecular complexity index is 648. The number of rotatable bonds is 3. The molecule has 1 amide bonds. The first kappa shape index (κ1) is 12.6. The monoisotopic (exact) mass is 270 g/mol. The first-order valence-corrected chi connectivity index (χ1v) is 6.44. The van der Waals surface area contributed by atoms with E-state index in [0.29, 0.717) is 30.9 Å². The number of hydrogen-bond donors (Lipinski definition) is 1. The fourth-order valence-electron chi connectivity index (χ4n) is 2.28. The van der Waals surface area contributed by atoms with E-state index in [0.717, 1.165) is 17.8 Å². The highest BCUT2D eigenvalue weighted by atomic mass is 16.3. The van der Waals surface area contributed by atoms with E-state index in [1.807, 2.05) is 24.3 Å². The van der Waals surface area contributed by atoms with E-state index >= 15 is 0 Å². The van der Waals surface area contributed by atoms with E-state index in [-0.39, 0.29) is 5.91 Å². The maximum atomic E-state index is 11.9. The van der Waals surface area contributed by atoms with E-state index in [4.69, 9.17) is 4.42 Å². The minimum absolute atomic E-state index is 0.0569. The van der Waals surface area contributed by atoms with Crippen LogP contribution in [0, 0.1) is 0 Å². The van der Waals surface area contributed by atoms with Crippen LogP contribution < -0.4 is 10.2 Å². The number of furan rings is 1. The van der Waals surface area contributed by atoms with Crippen molar-refractivity contribution in [1.82, 2.24) is 5.32 Å². The smallest absolute Gasteiger partial charge is 0.240 e. The number of aldehydes is 1. The second-order valence-corrected chi connectivity index (χ2v) is 4.59. The number of hydrogen-bond acceptors (Lipinski definition) is 4. The summed E-state index contributed by atoms with van der Waals surface area (Å²) in [7, 11) is 0. The highest BCUT2D eigenvalue weighted by Gasteiger charge is 2.19. The molecule has 0 saturated carbocycles. The summed E-state index contributed by atoms with van der Waals surface area (Å²) < 4.78 is 5.40. The molecule has 0 spiro atoms. The summed E-state index contributed by atoms with van der Waals surface area (Å²) in [6, 6.07) is 11.0. The van der Waals surface area contributed by atoms with E-state index < -0.39 is 0 Å². The molecule has 1 aromatic heterocycles. The summed E-state index contributed by atoms with van der Waals surface area (Å²) >= 11 is 0. The normalized spacial score (nSPS) is 15.4. The van der Waals surface area contributed by atoms with Crippen LogP contribution in [0.3, 0.4) is 0 Å². The van der Waals surface area contributed by atoms with Gasteiger partial charge in [0.25, 0.3) is 0 Å². The van der Waals surface area contributed by atoms with Gasteiger partial charge in [0, 0.05) is 24.3 Å². The van der Waals surface area contributed by atoms with Gasteiger partial charge in [-0.2, -0.15) is 0 Å². The third-order valence-corrected chi connectivity index (χ3v) is 3.27. The molecule has 3 rings (SSSR count). The maximum absolute atomic E-state index is 11.9. The van der Waals surface area contributed by atoms with Crippen molar-refractivity contribution in [2.24, 2.45) is 0 Å². The minimum Gasteiger partial charge on any atom is -0.453 e. The van der Waals surface area contributed by atoms with Crippen LogP contribution in [0.5, 0.6) is 0 Å². The van der Waals surface area contributed by atoms with Crippen LogP contribution in [-0.4, -0.2) is 31.8 Å². The molecule has 20 heavy (non-hydrogen) atoms. The minimum atomic E-state index is 0.0569.